The molecule has 0 saturated carbocycles. The van der Waals surface area contributed by atoms with Crippen LogP contribution in [0.3, 0.4) is 0 Å². The molecule has 1 saturated heterocycles. The van der Waals surface area contributed by atoms with Gasteiger partial charge in [-0.3, -0.25) is 4.90 Å². The van der Waals surface area contributed by atoms with Gasteiger partial charge in [-0.05, 0) is 52.8 Å². The molecule has 1 nitrogen and oxygen atoms in total. The van der Waals surface area contributed by atoms with Crippen molar-refractivity contribution in [2.75, 3.05) is 0 Å². The number of rotatable bonds is 3. The average molecular weight is 281 g/mol. The van der Waals surface area contributed by atoms with Crippen molar-refractivity contribution < 1.29 is 0 Å². The average Bonchev–Trinajstić information content (AvgIpc) is 3.08. The summed E-state index contributed by atoms with van der Waals surface area (Å²) < 4.78 is 0. The zero-order valence-electron chi connectivity index (χ0n) is 11.5. The van der Waals surface area contributed by atoms with Gasteiger partial charge in [-0.2, -0.15) is 11.3 Å². The van der Waals surface area contributed by atoms with Crippen LogP contribution in [0.2, 0.25) is 0 Å². The van der Waals surface area contributed by atoms with Crippen molar-refractivity contribution in [3.63, 3.8) is 0 Å². The van der Waals surface area contributed by atoms with E-state index in [0.717, 1.165) is 12.6 Å². The van der Waals surface area contributed by atoms with Gasteiger partial charge in [-0.25, -0.2) is 0 Å². The monoisotopic (exact) mass is 281 g/mol. The fourth-order valence-corrected chi connectivity index (χ4v) is 4.30. The molecule has 4 rings (SSSR count). The molecular weight excluding hydrogens is 262 g/mol. The van der Waals surface area contributed by atoms with Crippen LogP contribution in [0.4, 0.5) is 0 Å². The molecule has 1 aromatic carbocycles. The quantitative estimate of drug-likeness (QED) is 0.796. The van der Waals surface area contributed by atoms with E-state index in [4.69, 9.17) is 0 Å². The van der Waals surface area contributed by atoms with Crippen LogP contribution in [0.1, 0.15) is 30.4 Å². The van der Waals surface area contributed by atoms with Crippen LogP contribution >= 0.6 is 11.3 Å². The minimum Gasteiger partial charge on any atom is -0.289 e. The molecule has 3 heterocycles. The first-order chi connectivity index (χ1) is 9.90. The second-order valence-corrected chi connectivity index (χ2v) is 6.64. The Morgan fingerprint density at radius 3 is 2.75 bits per heavy atom. The normalized spacial score (nSPS) is 25.7. The second-order valence-electron chi connectivity index (χ2n) is 5.86. The summed E-state index contributed by atoms with van der Waals surface area (Å²) in [6.45, 7) is 1.10. The molecule has 2 atom stereocenters. The van der Waals surface area contributed by atoms with Crippen LogP contribution in [0, 0.1) is 0 Å². The minimum atomic E-state index is 0.642. The number of benzene rings is 1. The fraction of sp³-hybridized carbons (Fsp3) is 0.333. The molecule has 0 spiro atoms. The maximum atomic E-state index is 2.70. The van der Waals surface area contributed by atoms with Gasteiger partial charge in [0.2, 0.25) is 0 Å². The highest BCUT2D eigenvalue weighted by atomic mass is 32.1. The molecule has 2 heteroatoms. The highest BCUT2D eigenvalue weighted by Gasteiger charge is 2.36. The summed E-state index contributed by atoms with van der Waals surface area (Å²) in [6.07, 6.45) is 6.42. The first kappa shape index (κ1) is 12.4. The van der Waals surface area contributed by atoms with Gasteiger partial charge in [0.1, 0.15) is 0 Å². The first-order valence-corrected chi connectivity index (χ1v) is 8.37. The van der Waals surface area contributed by atoms with Gasteiger partial charge in [0.05, 0.1) is 0 Å². The van der Waals surface area contributed by atoms with Crippen LogP contribution in [0.25, 0.3) is 5.57 Å². The maximum absolute atomic E-state index is 2.70. The SMILES string of the molecule is C1=C(c2ccsc2)CC2CCC1N2Cc1ccccc1. The molecular formula is C18H19NS. The molecule has 0 N–H and O–H groups in total. The molecule has 0 radical (unpaired) electrons. The van der Waals surface area contributed by atoms with E-state index < -0.39 is 0 Å². The zero-order valence-corrected chi connectivity index (χ0v) is 12.4. The van der Waals surface area contributed by atoms with Gasteiger partial charge in [-0.15, -0.1) is 0 Å². The zero-order chi connectivity index (χ0) is 13.4. The molecule has 0 aliphatic carbocycles. The lowest BCUT2D eigenvalue weighted by atomic mass is 9.96. The van der Waals surface area contributed by atoms with Crippen LogP contribution < -0.4 is 0 Å². The van der Waals surface area contributed by atoms with Crippen LogP contribution in [0.15, 0.2) is 53.2 Å². The van der Waals surface area contributed by atoms with Crippen LogP contribution in [-0.2, 0) is 6.54 Å². The predicted octanol–water partition coefficient (Wildman–Crippen LogP) is 4.57. The largest absolute Gasteiger partial charge is 0.289 e. The van der Waals surface area contributed by atoms with E-state index >= 15 is 0 Å². The standard InChI is InChI=1S/C18H19NS/c1-2-4-14(5-3-1)12-19-17-6-7-18(19)11-16(10-17)15-8-9-20-13-15/h1-5,8-10,13,17-18H,6-7,11-12H2. The van der Waals surface area contributed by atoms with Crippen molar-refractivity contribution in [1.82, 2.24) is 4.90 Å². The third-order valence-corrected chi connectivity index (χ3v) is 5.32. The van der Waals surface area contributed by atoms with Crippen molar-refractivity contribution in [1.29, 1.82) is 0 Å². The Morgan fingerprint density at radius 2 is 2.00 bits per heavy atom. The number of nitrogens with zero attached hydrogens (tertiary/aromatic N) is 1. The summed E-state index contributed by atoms with van der Waals surface area (Å²) >= 11 is 1.81. The molecule has 20 heavy (non-hydrogen) atoms. The molecule has 2 aromatic rings. The number of thiophene rings is 1. The Bertz CT molecular complexity index is 600. The van der Waals surface area contributed by atoms with E-state index in [2.05, 4.69) is 58.1 Å². The third kappa shape index (κ3) is 2.23. The van der Waals surface area contributed by atoms with E-state index in [1.165, 1.54) is 30.4 Å². The Morgan fingerprint density at radius 1 is 1.10 bits per heavy atom. The van der Waals surface area contributed by atoms with Gasteiger partial charge in [0, 0.05) is 18.6 Å². The molecule has 2 bridgehead atoms. The van der Waals surface area contributed by atoms with Crippen molar-refractivity contribution in [3.05, 3.63) is 64.4 Å². The summed E-state index contributed by atoms with van der Waals surface area (Å²) in [5.74, 6) is 0. The summed E-state index contributed by atoms with van der Waals surface area (Å²) in [7, 11) is 0. The lowest BCUT2D eigenvalue weighted by Gasteiger charge is -2.34. The summed E-state index contributed by atoms with van der Waals surface area (Å²) in [5.41, 5.74) is 4.46. The second kappa shape index (κ2) is 5.19. The van der Waals surface area contributed by atoms with Gasteiger partial charge in [0.25, 0.3) is 0 Å². The van der Waals surface area contributed by atoms with E-state index in [0.29, 0.717) is 6.04 Å². The van der Waals surface area contributed by atoms with E-state index in [9.17, 15) is 0 Å². The van der Waals surface area contributed by atoms with Crippen molar-refractivity contribution in [3.8, 4) is 0 Å². The Balaban J connectivity index is 1.57. The van der Waals surface area contributed by atoms with E-state index in [1.54, 1.807) is 16.9 Å². The van der Waals surface area contributed by atoms with Gasteiger partial charge < -0.3 is 0 Å². The number of hydrogen-bond donors (Lipinski definition) is 0. The Kier molecular flexibility index (Phi) is 3.21. The number of hydrogen-bond acceptors (Lipinski definition) is 2. The highest BCUT2D eigenvalue weighted by molar-refractivity contribution is 7.08. The molecule has 102 valence electrons. The summed E-state index contributed by atoms with van der Waals surface area (Å²) in [4.78, 5) is 2.70. The van der Waals surface area contributed by atoms with Crippen molar-refractivity contribution >= 4 is 16.9 Å². The molecule has 2 aliphatic heterocycles. The Hall–Kier alpha value is -1.38. The topological polar surface area (TPSA) is 3.24 Å². The van der Waals surface area contributed by atoms with Crippen molar-refractivity contribution in [2.24, 2.45) is 0 Å². The van der Waals surface area contributed by atoms with E-state index in [-0.39, 0.29) is 0 Å². The summed E-state index contributed by atoms with van der Waals surface area (Å²) in [6, 6.07) is 14.5. The molecule has 1 fully saturated rings. The molecule has 1 aromatic heterocycles. The van der Waals surface area contributed by atoms with Gasteiger partial charge >= 0.3 is 0 Å². The lowest BCUT2D eigenvalue weighted by molar-refractivity contribution is 0.203. The summed E-state index contributed by atoms with van der Waals surface area (Å²) in [5, 5.41) is 4.48. The van der Waals surface area contributed by atoms with Crippen LogP contribution in [0.5, 0.6) is 0 Å². The third-order valence-electron chi connectivity index (χ3n) is 4.64. The minimum absolute atomic E-state index is 0.642. The smallest absolute Gasteiger partial charge is 0.0291 e. The van der Waals surface area contributed by atoms with Crippen LogP contribution in [-0.4, -0.2) is 17.0 Å². The van der Waals surface area contributed by atoms with Gasteiger partial charge in [-0.1, -0.05) is 36.4 Å². The molecule has 2 aliphatic rings. The predicted molar refractivity (Wildman–Crippen MR) is 85.7 cm³/mol. The highest BCUT2D eigenvalue weighted by Crippen LogP contribution is 2.39. The Labute approximate surface area is 124 Å². The lowest BCUT2D eigenvalue weighted by Crippen LogP contribution is -2.37. The number of fused-ring (bicyclic) bond motifs is 2. The fourth-order valence-electron chi connectivity index (χ4n) is 3.62. The van der Waals surface area contributed by atoms with Gasteiger partial charge in [0.15, 0.2) is 0 Å². The molecule has 0 amide bonds. The first-order valence-electron chi connectivity index (χ1n) is 7.43. The maximum Gasteiger partial charge on any atom is 0.0291 e. The molecule has 2 unspecified atom stereocenters. The van der Waals surface area contributed by atoms with E-state index in [1.807, 2.05) is 0 Å². The van der Waals surface area contributed by atoms with Crippen molar-refractivity contribution in [2.45, 2.75) is 37.9 Å².